The summed E-state index contributed by atoms with van der Waals surface area (Å²) in [4.78, 5) is 63.4. The lowest BCUT2D eigenvalue weighted by atomic mass is 9.85. The zero-order chi connectivity index (χ0) is 38.8. The van der Waals surface area contributed by atoms with Gasteiger partial charge in [0.25, 0.3) is 0 Å². The van der Waals surface area contributed by atoms with E-state index in [1.54, 1.807) is 11.3 Å². The van der Waals surface area contributed by atoms with Gasteiger partial charge in [-0.3, -0.25) is 24.2 Å². The van der Waals surface area contributed by atoms with Crippen LogP contribution in [-0.2, 0) is 39.9 Å². The quantitative estimate of drug-likeness (QED) is 0.170. The Bertz CT molecular complexity index is 1510. The number of ether oxygens (including phenoxy) is 3. The average Bonchev–Trinajstić information content (AvgIpc) is 3.71. The molecule has 53 heavy (non-hydrogen) atoms. The van der Waals surface area contributed by atoms with Gasteiger partial charge in [0.05, 0.1) is 35.4 Å². The molecule has 0 saturated carbocycles. The van der Waals surface area contributed by atoms with Crippen LogP contribution in [0.4, 0.5) is 0 Å². The molecule has 2 aliphatic rings. The number of hydrogen-bond donors (Lipinski definition) is 3. The molecule has 4 rings (SSSR count). The van der Waals surface area contributed by atoms with E-state index in [2.05, 4.69) is 25.4 Å². The zero-order valence-electron chi connectivity index (χ0n) is 32.3. The van der Waals surface area contributed by atoms with Crippen molar-refractivity contribution in [1.29, 1.82) is 0 Å². The van der Waals surface area contributed by atoms with Crippen molar-refractivity contribution >= 4 is 35.0 Å². The smallest absolute Gasteiger partial charge is 0.332 e. The molecule has 3 amide bonds. The summed E-state index contributed by atoms with van der Waals surface area (Å²) >= 11 is 1.58. The number of aliphatic hydroxyl groups excluding tert-OH is 1. The summed E-state index contributed by atoms with van der Waals surface area (Å²) in [5.41, 5.74) is 3.55. The molecule has 3 heterocycles. The molecular weight excluding hydrogens is 701 g/mol. The van der Waals surface area contributed by atoms with Crippen LogP contribution >= 0.6 is 11.3 Å². The summed E-state index contributed by atoms with van der Waals surface area (Å²) in [6.45, 7) is 18.6. The number of β-amino-alcohol motifs (C(OH)–C–C–N with tert-alkyl or cyclic N) is 1. The lowest BCUT2D eigenvalue weighted by Crippen LogP contribution is -2.58. The molecule has 15 heteroatoms. The van der Waals surface area contributed by atoms with Crippen molar-refractivity contribution in [2.75, 3.05) is 72.2 Å². The van der Waals surface area contributed by atoms with E-state index < -0.39 is 41.0 Å². The molecule has 2 aliphatic heterocycles. The van der Waals surface area contributed by atoms with Gasteiger partial charge in [0.15, 0.2) is 0 Å². The number of likely N-dealkylation sites (tertiary alicyclic amines) is 1. The Morgan fingerprint density at radius 3 is 2.09 bits per heavy atom. The van der Waals surface area contributed by atoms with E-state index in [-0.39, 0.29) is 44.6 Å². The van der Waals surface area contributed by atoms with Crippen LogP contribution in [0, 0.1) is 12.3 Å². The summed E-state index contributed by atoms with van der Waals surface area (Å²) < 4.78 is 16.4. The number of amides is 3. The Balaban J connectivity index is 1.17. The number of nitrogens with one attached hydrogen (secondary N) is 2. The number of esters is 1. The Labute approximate surface area is 317 Å². The lowest BCUT2D eigenvalue weighted by molar-refractivity contribution is -0.160. The number of piperazine rings is 1. The third-order valence-electron chi connectivity index (χ3n) is 9.15. The maximum atomic E-state index is 13.9. The number of hydrogen-bond acceptors (Lipinski definition) is 12. The van der Waals surface area contributed by atoms with Crippen LogP contribution in [-0.4, -0.2) is 145 Å². The molecule has 1 aromatic carbocycles. The van der Waals surface area contributed by atoms with E-state index in [1.807, 2.05) is 78.2 Å². The Kier molecular flexibility index (Phi) is 15.3. The van der Waals surface area contributed by atoms with Crippen molar-refractivity contribution in [3.63, 3.8) is 0 Å². The molecule has 1 aromatic heterocycles. The van der Waals surface area contributed by atoms with Gasteiger partial charge < -0.3 is 34.9 Å². The second-order valence-electron chi connectivity index (χ2n) is 15.8. The molecule has 0 aliphatic carbocycles. The second kappa shape index (κ2) is 19.2. The minimum absolute atomic E-state index is 0.00510. The third kappa shape index (κ3) is 13.4. The van der Waals surface area contributed by atoms with Gasteiger partial charge in [-0.15, -0.1) is 11.3 Å². The number of thiazole rings is 1. The molecule has 3 atom stereocenters. The van der Waals surface area contributed by atoms with Crippen molar-refractivity contribution in [2.45, 2.75) is 85.2 Å². The molecule has 0 radical (unpaired) electrons. The number of carbonyl (C=O) groups is 4. The van der Waals surface area contributed by atoms with Crippen LogP contribution in [0.3, 0.4) is 0 Å². The van der Waals surface area contributed by atoms with Crippen LogP contribution in [0.15, 0.2) is 29.8 Å². The SMILES string of the molecule is Cc1ncsc1-c1ccc(CNC(=O)[C@@H]2C[C@@H](O)CN2C(=O)[C@@H](NC(=O)COCCN2CCN(CCOCC(=O)OC(C)(C)C)CC2)C(C)(C)C)cc1. The summed E-state index contributed by atoms with van der Waals surface area (Å²) in [6, 6.07) is 6.10. The molecule has 2 aromatic rings. The average molecular weight is 759 g/mol. The highest BCUT2D eigenvalue weighted by molar-refractivity contribution is 7.13. The number of rotatable bonds is 16. The van der Waals surface area contributed by atoms with E-state index in [0.717, 1.165) is 54.4 Å². The van der Waals surface area contributed by atoms with Crippen molar-refractivity contribution in [1.82, 2.24) is 30.3 Å². The van der Waals surface area contributed by atoms with Crippen molar-refractivity contribution in [3.8, 4) is 10.4 Å². The van der Waals surface area contributed by atoms with Gasteiger partial charge in [0.1, 0.15) is 30.9 Å². The highest BCUT2D eigenvalue weighted by Crippen LogP contribution is 2.28. The van der Waals surface area contributed by atoms with Crippen LogP contribution in [0.2, 0.25) is 0 Å². The van der Waals surface area contributed by atoms with Gasteiger partial charge in [-0.25, -0.2) is 9.78 Å². The number of aromatic nitrogens is 1. The van der Waals surface area contributed by atoms with E-state index in [9.17, 15) is 24.3 Å². The van der Waals surface area contributed by atoms with Crippen LogP contribution in [0.1, 0.15) is 59.2 Å². The number of nitrogens with zero attached hydrogens (tertiary/aromatic N) is 4. The fourth-order valence-electron chi connectivity index (χ4n) is 6.30. The predicted molar refractivity (Wildman–Crippen MR) is 202 cm³/mol. The first-order chi connectivity index (χ1) is 25.0. The molecule has 2 fully saturated rings. The number of aliphatic hydroxyl groups is 1. The first-order valence-corrected chi connectivity index (χ1v) is 19.2. The van der Waals surface area contributed by atoms with Crippen LogP contribution in [0.5, 0.6) is 0 Å². The van der Waals surface area contributed by atoms with Crippen molar-refractivity contribution in [3.05, 3.63) is 41.0 Å². The number of benzene rings is 1. The largest absolute Gasteiger partial charge is 0.458 e. The zero-order valence-corrected chi connectivity index (χ0v) is 33.1. The minimum Gasteiger partial charge on any atom is -0.458 e. The van der Waals surface area contributed by atoms with Crippen LogP contribution in [0.25, 0.3) is 10.4 Å². The number of carbonyl (C=O) groups excluding carboxylic acids is 4. The maximum absolute atomic E-state index is 13.9. The second-order valence-corrected chi connectivity index (χ2v) is 16.7. The fraction of sp³-hybridized carbons (Fsp3) is 0.658. The third-order valence-corrected chi connectivity index (χ3v) is 10.1. The minimum atomic E-state index is -0.928. The van der Waals surface area contributed by atoms with Gasteiger partial charge in [-0.1, -0.05) is 45.0 Å². The molecule has 0 bridgehead atoms. The van der Waals surface area contributed by atoms with Crippen molar-refractivity contribution < 1.29 is 38.5 Å². The van der Waals surface area contributed by atoms with E-state index in [4.69, 9.17) is 14.2 Å². The molecule has 2 saturated heterocycles. The molecule has 14 nitrogen and oxygen atoms in total. The summed E-state index contributed by atoms with van der Waals surface area (Å²) in [7, 11) is 0. The van der Waals surface area contributed by atoms with E-state index >= 15 is 0 Å². The molecular formula is C38H58N6O8S. The summed E-state index contributed by atoms with van der Waals surface area (Å²) in [5.74, 6) is -1.56. The Morgan fingerprint density at radius 1 is 0.943 bits per heavy atom. The first kappa shape index (κ1) is 42.3. The van der Waals surface area contributed by atoms with Gasteiger partial charge in [0, 0.05) is 58.8 Å². The monoisotopic (exact) mass is 758 g/mol. The Morgan fingerprint density at radius 2 is 1.55 bits per heavy atom. The van der Waals surface area contributed by atoms with Crippen molar-refractivity contribution in [2.24, 2.45) is 5.41 Å². The van der Waals surface area contributed by atoms with Gasteiger partial charge >= 0.3 is 5.97 Å². The summed E-state index contributed by atoms with van der Waals surface area (Å²) in [5, 5.41) is 16.3. The van der Waals surface area contributed by atoms with E-state index in [0.29, 0.717) is 19.8 Å². The molecule has 3 N–H and O–H groups in total. The first-order valence-electron chi connectivity index (χ1n) is 18.4. The van der Waals surface area contributed by atoms with Gasteiger partial charge in [0.2, 0.25) is 17.7 Å². The van der Waals surface area contributed by atoms with Gasteiger partial charge in [-0.2, -0.15) is 0 Å². The highest BCUT2D eigenvalue weighted by atomic mass is 32.1. The predicted octanol–water partition coefficient (Wildman–Crippen LogP) is 2.22. The maximum Gasteiger partial charge on any atom is 0.332 e. The highest BCUT2D eigenvalue weighted by Gasteiger charge is 2.44. The van der Waals surface area contributed by atoms with Crippen LogP contribution < -0.4 is 10.6 Å². The fourth-order valence-corrected chi connectivity index (χ4v) is 7.11. The molecule has 0 spiro atoms. The Hall–Kier alpha value is -3.47. The van der Waals surface area contributed by atoms with E-state index in [1.165, 1.54) is 4.90 Å². The lowest BCUT2D eigenvalue weighted by Gasteiger charge is -2.35. The van der Waals surface area contributed by atoms with Gasteiger partial charge in [-0.05, 0) is 44.2 Å². The number of aryl methyl sites for hydroxylation is 1. The summed E-state index contributed by atoms with van der Waals surface area (Å²) in [6.07, 6.45) is -0.735. The molecule has 0 unspecified atom stereocenters. The molecule has 294 valence electrons. The normalized spacial score (nSPS) is 19.2. The topological polar surface area (TPSA) is 163 Å². The standard InChI is InChI=1S/C38H58N6O8S/c1-26-33(53-25-40-26)28-10-8-27(9-11-28)21-39-35(48)30-20-29(45)22-44(30)36(49)34(37(2,3)4)41-31(46)23-50-18-16-42-12-14-43(15-13-42)17-19-51-24-32(47)52-38(5,6)7/h8-11,25,29-30,34,45H,12-24H2,1-7H3,(H,39,48)(H,41,46)/t29-,30+,34-/m1/s1.